The maximum Gasteiger partial charge on any atom is 0.296 e. The summed E-state index contributed by atoms with van der Waals surface area (Å²) >= 11 is 0. The first kappa shape index (κ1) is 26.2. The summed E-state index contributed by atoms with van der Waals surface area (Å²) in [5.74, 6) is 0.741. The number of fused-ring (bicyclic) bond motifs is 1. The fourth-order valence-corrected chi connectivity index (χ4v) is 4.71. The first-order chi connectivity index (χ1) is 19.0. The minimum absolute atomic E-state index is 0.0367. The molecule has 1 N–H and O–H groups in total. The lowest BCUT2D eigenvalue weighted by molar-refractivity contribution is -0.140. The minimum atomic E-state index is -0.896. The largest absolute Gasteiger partial charge is 0.507 e. The molecule has 1 aromatic heterocycles. The predicted octanol–water partition coefficient (Wildman–Crippen LogP) is 5.25. The first-order valence-electron chi connectivity index (χ1n) is 13.1. The Balaban J connectivity index is 1.61. The van der Waals surface area contributed by atoms with Gasteiger partial charge in [0.05, 0.1) is 37.6 Å². The number of benzene rings is 2. The molecule has 0 radical (unpaired) electrons. The number of hydrogen-bond donors (Lipinski definition) is 1. The van der Waals surface area contributed by atoms with Crippen LogP contribution in [0, 0.1) is 0 Å². The molecule has 9 heteroatoms. The van der Waals surface area contributed by atoms with Gasteiger partial charge in [-0.25, -0.2) is 0 Å². The summed E-state index contributed by atoms with van der Waals surface area (Å²) in [5, 5.41) is 11.5. The SMILES string of the molecule is CCCCOc1ccc([C@H]2/C(=C(\O)c3ccc4c(c3)OCCO4)C(=O)C(=O)N2Cc2ccco2)cc1OCC. The number of amides is 1. The number of aliphatic hydroxyl groups excluding tert-OH is 1. The van der Waals surface area contributed by atoms with E-state index in [0.717, 1.165) is 12.8 Å². The summed E-state index contributed by atoms with van der Waals surface area (Å²) < 4.78 is 28.5. The number of Topliss-reactive ketones (excluding diaryl/α,β-unsaturated/α-hetero) is 1. The van der Waals surface area contributed by atoms with Crippen LogP contribution in [0.3, 0.4) is 0 Å². The van der Waals surface area contributed by atoms with Crippen molar-refractivity contribution in [1.29, 1.82) is 0 Å². The van der Waals surface area contributed by atoms with Gasteiger partial charge in [-0.2, -0.15) is 0 Å². The Bertz CT molecular complexity index is 1380. The fraction of sp³-hybridized carbons (Fsp3) is 0.333. The lowest BCUT2D eigenvalue weighted by Crippen LogP contribution is -2.29. The van der Waals surface area contributed by atoms with Gasteiger partial charge < -0.3 is 33.4 Å². The lowest BCUT2D eigenvalue weighted by atomic mass is 9.94. The Morgan fingerprint density at radius 2 is 1.82 bits per heavy atom. The van der Waals surface area contributed by atoms with Crippen LogP contribution in [-0.4, -0.2) is 48.1 Å². The molecule has 1 fully saturated rings. The molecular weight excluding hydrogens is 502 g/mol. The van der Waals surface area contributed by atoms with Gasteiger partial charge in [0, 0.05) is 5.56 Å². The van der Waals surface area contributed by atoms with Crippen LogP contribution in [0.15, 0.2) is 64.8 Å². The quantitative estimate of drug-likeness (QED) is 0.163. The molecule has 2 aliphatic heterocycles. The Labute approximate surface area is 226 Å². The number of unbranched alkanes of at least 4 members (excludes halogenated alkanes) is 1. The maximum atomic E-state index is 13.4. The van der Waals surface area contributed by atoms with Crippen molar-refractivity contribution in [3.8, 4) is 23.0 Å². The number of carbonyl (C=O) groups excluding carboxylic acids is 2. The van der Waals surface area contributed by atoms with Crippen molar-refractivity contribution in [2.24, 2.45) is 0 Å². The van der Waals surface area contributed by atoms with Crippen LogP contribution in [0.5, 0.6) is 23.0 Å². The molecule has 0 spiro atoms. The van der Waals surface area contributed by atoms with Crippen LogP contribution < -0.4 is 18.9 Å². The zero-order valence-corrected chi connectivity index (χ0v) is 22.0. The summed E-state index contributed by atoms with van der Waals surface area (Å²) in [6.45, 7) is 5.73. The Morgan fingerprint density at radius 3 is 2.56 bits per heavy atom. The van der Waals surface area contributed by atoms with Gasteiger partial charge in [0.25, 0.3) is 11.7 Å². The molecular formula is C30H31NO8. The van der Waals surface area contributed by atoms with E-state index < -0.39 is 17.7 Å². The topological polar surface area (TPSA) is 108 Å². The third-order valence-electron chi connectivity index (χ3n) is 6.60. The molecule has 204 valence electrons. The average molecular weight is 534 g/mol. The first-order valence-corrected chi connectivity index (χ1v) is 13.1. The second-order valence-electron chi connectivity index (χ2n) is 9.21. The molecule has 5 rings (SSSR count). The molecule has 9 nitrogen and oxygen atoms in total. The molecule has 3 heterocycles. The Hall–Kier alpha value is -4.40. The van der Waals surface area contributed by atoms with E-state index in [1.807, 2.05) is 6.92 Å². The maximum absolute atomic E-state index is 13.4. The van der Waals surface area contributed by atoms with Crippen LogP contribution in [0.4, 0.5) is 0 Å². The van der Waals surface area contributed by atoms with E-state index in [9.17, 15) is 14.7 Å². The van der Waals surface area contributed by atoms with Crippen LogP contribution in [0.25, 0.3) is 5.76 Å². The molecule has 1 atom stereocenters. The summed E-state index contributed by atoms with van der Waals surface area (Å²) in [6.07, 6.45) is 3.39. The highest BCUT2D eigenvalue weighted by Crippen LogP contribution is 2.43. The summed E-state index contributed by atoms with van der Waals surface area (Å²) in [4.78, 5) is 28.2. The number of nitrogens with zero attached hydrogens (tertiary/aromatic N) is 1. The zero-order valence-electron chi connectivity index (χ0n) is 22.0. The van der Waals surface area contributed by atoms with Gasteiger partial charge >= 0.3 is 0 Å². The second-order valence-corrected chi connectivity index (χ2v) is 9.21. The van der Waals surface area contributed by atoms with E-state index in [-0.39, 0.29) is 17.9 Å². The highest BCUT2D eigenvalue weighted by atomic mass is 16.6. The zero-order chi connectivity index (χ0) is 27.4. The van der Waals surface area contributed by atoms with Crippen LogP contribution in [0.2, 0.25) is 0 Å². The minimum Gasteiger partial charge on any atom is -0.507 e. The number of rotatable bonds is 10. The second kappa shape index (κ2) is 11.6. The number of carbonyl (C=O) groups is 2. The van der Waals surface area contributed by atoms with Crippen molar-refractivity contribution in [2.45, 2.75) is 39.3 Å². The van der Waals surface area contributed by atoms with E-state index in [2.05, 4.69) is 6.92 Å². The highest BCUT2D eigenvalue weighted by molar-refractivity contribution is 6.46. The van der Waals surface area contributed by atoms with Crippen LogP contribution in [-0.2, 0) is 16.1 Å². The standard InChI is InChI=1S/C30H31NO8/c1-3-5-12-37-22-10-8-19(16-24(22)35-4-2)27-26(29(33)30(34)31(27)18-21-7-6-13-36-21)28(32)20-9-11-23-25(17-20)39-15-14-38-23/h6-11,13,16-17,27,32H,3-5,12,14-15,18H2,1-2H3/b28-26+/t27-/m0/s1. The van der Waals surface area contributed by atoms with Gasteiger partial charge in [0.15, 0.2) is 23.0 Å². The van der Waals surface area contributed by atoms with E-state index in [0.29, 0.717) is 66.3 Å². The number of ether oxygens (including phenoxy) is 4. The van der Waals surface area contributed by atoms with Crippen molar-refractivity contribution in [3.63, 3.8) is 0 Å². The fourth-order valence-electron chi connectivity index (χ4n) is 4.71. The van der Waals surface area contributed by atoms with E-state index in [1.54, 1.807) is 48.5 Å². The van der Waals surface area contributed by atoms with Crippen molar-refractivity contribution >= 4 is 17.4 Å². The molecule has 1 saturated heterocycles. The van der Waals surface area contributed by atoms with Crippen molar-refractivity contribution in [3.05, 3.63) is 77.3 Å². The van der Waals surface area contributed by atoms with Gasteiger partial charge in [-0.1, -0.05) is 19.4 Å². The molecule has 2 aliphatic rings. The molecule has 0 aliphatic carbocycles. The molecule has 39 heavy (non-hydrogen) atoms. The molecule has 1 amide bonds. The van der Waals surface area contributed by atoms with Gasteiger partial charge in [0.2, 0.25) is 0 Å². The summed E-state index contributed by atoms with van der Waals surface area (Å²) in [6, 6.07) is 12.8. The predicted molar refractivity (Wildman–Crippen MR) is 142 cm³/mol. The third kappa shape index (κ3) is 5.30. The average Bonchev–Trinajstić information content (AvgIpc) is 3.56. The molecule has 3 aromatic rings. The molecule has 0 bridgehead atoms. The lowest BCUT2D eigenvalue weighted by Gasteiger charge is -2.25. The molecule has 0 unspecified atom stereocenters. The summed E-state index contributed by atoms with van der Waals surface area (Å²) in [7, 11) is 0. The molecule has 0 saturated carbocycles. The number of likely N-dealkylation sites (tertiary alicyclic amines) is 1. The van der Waals surface area contributed by atoms with Crippen molar-refractivity contribution < 1.29 is 38.1 Å². The third-order valence-corrected chi connectivity index (χ3v) is 6.60. The van der Waals surface area contributed by atoms with Gasteiger partial charge in [0.1, 0.15) is 24.7 Å². The van der Waals surface area contributed by atoms with Crippen molar-refractivity contribution in [2.75, 3.05) is 26.4 Å². The van der Waals surface area contributed by atoms with Gasteiger partial charge in [-0.3, -0.25) is 9.59 Å². The molecule has 2 aromatic carbocycles. The summed E-state index contributed by atoms with van der Waals surface area (Å²) in [5.41, 5.74) is 0.890. The van der Waals surface area contributed by atoms with Crippen LogP contribution >= 0.6 is 0 Å². The van der Waals surface area contributed by atoms with E-state index in [1.165, 1.54) is 11.2 Å². The van der Waals surface area contributed by atoms with Crippen molar-refractivity contribution in [1.82, 2.24) is 4.90 Å². The Kier molecular flexibility index (Phi) is 7.76. The number of aliphatic hydroxyl groups is 1. The van der Waals surface area contributed by atoms with Gasteiger partial charge in [-0.05, 0) is 61.4 Å². The monoisotopic (exact) mass is 533 g/mol. The smallest absolute Gasteiger partial charge is 0.296 e. The van der Waals surface area contributed by atoms with E-state index >= 15 is 0 Å². The van der Waals surface area contributed by atoms with Crippen LogP contribution in [0.1, 0.15) is 49.6 Å². The number of ketones is 1. The normalized spacial score (nSPS) is 17.9. The van der Waals surface area contributed by atoms with E-state index in [4.69, 9.17) is 23.4 Å². The number of furan rings is 1. The number of hydrogen-bond acceptors (Lipinski definition) is 8. The highest BCUT2D eigenvalue weighted by Gasteiger charge is 2.46. The van der Waals surface area contributed by atoms with Gasteiger partial charge in [-0.15, -0.1) is 0 Å². The Morgan fingerprint density at radius 1 is 1.00 bits per heavy atom.